The number of carbonyl (C=O) groups excluding carboxylic acids is 2. The van der Waals surface area contributed by atoms with Crippen LogP contribution in [0.25, 0.3) is 27.9 Å². The predicted octanol–water partition coefficient (Wildman–Crippen LogP) is 3.83. The fourth-order valence-electron chi connectivity index (χ4n) is 4.32. The minimum absolute atomic E-state index is 0.0891. The van der Waals surface area contributed by atoms with Gasteiger partial charge in [-0.05, 0) is 55.3 Å². The summed E-state index contributed by atoms with van der Waals surface area (Å²) in [6.45, 7) is 6.07. The van der Waals surface area contributed by atoms with Crippen LogP contribution in [0.15, 0.2) is 52.2 Å². The molecule has 0 bridgehead atoms. The summed E-state index contributed by atoms with van der Waals surface area (Å²) < 4.78 is 2.26. The van der Waals surface area contributed by atoms with Crippen LogP contribution in [0.1, 0.15) is 31.9 Å². The Balaban J connectivity index is 1.86. The van der Waals surface area contributed by atoms with Gasteiger partial charge in [0.2, 0.25) is 5.96 Å². The third kappa shape index (κ3) is 3.77. The number of oxime groups is 1. The molecule has 4 rings (SSSR count). The van der Waals surface area contributed by atoms with Crippen LogP contribution in [-0.4, -0.2) is 59.1 Å². The third-order valence-electron chi connectivity index (χ3n) is 5.92. The molecule has 1 saturated heterocycles. The van der Waals surface area contributed by atoms with Gasteiger partial charge in [-0.3, -0.25) is 14.7 Å². The van der Waals surface area contributed by atoms with Crippen molar-refractivity contribution in [1.82, 2.24) is 14.4 Å². The molecule has 0 spiro atoms. The number of amides is 1. The summed E-state index contributed by atoms with van der Waals surface area (Å²) in [6.07, 6.45) is 1.89. The number of rotatable bonds is 4. The summed E-state index contributed by atoms with van der Waals surface area (Å²) in [5.41, 5.74) is 5.21. The fraction of sp³-hybridized carbons (Fsp3) is 0.280. The van der Waals surface area contributed by atoms with Crippen molar-refractivity contribution >= 4 is 51.4 Å². The molecular formula is C25H27N5O3. The zero-order valence-corrected chi connectivity index (χ0v) is 19.7. The molecular weight excluding hydrogens is 418 g/mol. The Morgan fingerprint density at radius 1 is 1.03 bits per heavy atom. The van der Waals surface area contributed by atoms with Crippen molar-refractivity contribution in [1.29, 1.82) is 0 Å². The molecule has 2 heterocycles. The van der Waals surface area contributed by atoms with Gasteiger partial charge >= 0.3 is 5.97 Å². The van der Waals surface area contributed by atoms with Crippen molar-refractivity contribution in [3.8, 4) is 0 Å². The lowest BCUT2D eigenvalue weighted by molar-refractivity contribution is -0.140. The highest BCUT2D eigenvalue weighted by molar-refractivity contribution is 6.16. The summed E-state index contributed by atoms with van der Waals surface area (Å²) in [6, 6.07) is 12.3. The number of benzene rings is 2. The van der Waals surface area contributed by atoms with E-state index < -0.39 is 5.97 Å². The second kappa shape index (κ2) is 8.54. The van der Waals surface area contributed by atoms with E-state index in [1.54, 1.807) is 23.9 Å². The van der Waals surface area contributed by atoms with E-state index in [2.05, 4.69) is 45.9 Å². The Morgan fingerprint density at radius 2 is 1.70 bits per heavy atom. The van der Waals surface area contributed by atoms with Crippen LogP contribution in [0.5, 0.6) is 0 Å². The predicted molar refractivity (Wildman–Crippen MR) is 131 cm³/mol. The second-order valence-corrected chi connectivity index (χ2v) is 7.99. The summed E-state index contributed by atoms with van der Waals surface area (Å²) in [5.74, 6) is 0.0694. The molecule has 0 unspecified atom stereocenters. The number of aromatic nitrogens is 1. The molecule has 170 valence electrons. The van der Waals surface area contributed by atoms with Crippen LogP contribution >= 0.6 is 0 Å². The van der Waals surface area contributed by atoms with E-state index in [4.69, 9.17) is 4.84 Å². The van der Waals surface area contributed by atoms with Gasteiger partial charge in [0.05, 0.1) is 5.71 Å². The standard InChI is InChI=1S/C25H27N5O3/c1-7-30-21-10-8-17(13-23-24(32)29(6)25(26-4)28(23)5)12-19(21)20-14-18(9-11-22(20)30)15(2)27-33-16(3)31/h8-14H,7H2,1-6H3/b23-13-,26-25+,27-15+. The Morgan fingerprint density at radius 3 is 2.30 bits per heavy atom. The second-order valence-electron chi connectivity index (χ2n) is 7.99. The largest absolute Gasteiger partial charge is 0.341 e. The van der Waals surface area contributed by atoms with Gasteiger partial charge in [-0.15, -0.1) is 0 Å². The topological polar surface area (TPSA) is 79.5 Å². The van der Waals surface area contributed by atoms with E-state index in [1.807, 2.05) is 32.2 Å². The molecule has 33 heavy (non-hydrogen) atoms. The zero-order chi connectivity index (χ0) is 23.9. The normalized spacial score (nSPS) is 17.3. The molecule has 0 saturated carbocycles. The van der Waals surface area contributed by atoms with Crippen LogP contribution in [0.4, 0.5) is 0 Å². The Hall–Kier alpha value is -3.94. The third-order valence-corrected chi connectivity index (χ3v) is 5.92. The maximum Gasteiger partial charge on any atom is 0.331 e. The van der Waals surface area contributed by atoms with Gasteiger partial charge in [-0.1, -0.05) is 17.3 Å². The van der Waals surface area contributed by atoms with Gasteiger partial charge in [0.25, 0.3) is 5.91 Å². The van der Waals surface area contributed by atoms with Crippen LogP contribution in [0.3, 0.4) is 0 Å². The van der Waals surface area contributed by atoms with E-state index in [0.29, 0.717) is 17.4 Å². The van der Waals surface area contributed by atoms with Crippen LogP contribution in [0, 0.1) is 0 Å². The molecule has 2 aromatic carbocycles. The van der Waals surface area contributed by atoms with Gasteiger partial charge in [-0.2, -0.15) is 0 Å². The molecule has 1 aliphatic heterocycles. The number of hydrogen-bond donors (Lipinski definition) is 0. The first kappa shape index (κ1) is 22.3. The lowest BCUT2D eigenvalue weighted by Crippen LogP contribution is -2.29. The molecule has 0 aliphatic carbocycles. The van der Waals surface area contributed by atoms with Crippen LogP contribution in [0.2, 0.25) is 0 Å². The SMILES string of the molecule is CCn1c2ccc(/C=C3/C(=O)N(C)/C(=N/C)N3C)cc2c2cc(/C(C)=N/OC(C)=O)ccc21. The number of fused-ring (bicyclic) bond motifs is 3. The Bertz CT molecular complexity index is 1380. The quantitative estimate of drug-likeness (QED) is 0.265. The average Bonchev–Trinajstić information content (AvgIpc) is 3.22. The fourth-order valence-corrected chi connectivity index (χ4v) is 4.32. The molecule has 0 atom stereocenters. The van der Waals surface area contributed by atoms with E-state index in [1.165, 1.54) is 6.92 Å². The summed E-state index contributed by atoms with van der Waals surface area (Å²) in [4.78, 5) is 36.2. The minimum Gasteiger partial charge on any atom is -0.341 e. The smallest absolute Gasteiger partial charge is 0.331 e. The molecule has 1 fully saturated rings. The van der Waals surface area contributed by atoms with Crippen molar-refractivity contribution < 1.29 is 14.4 Å². The van der Waals surface area contributed by atoms with Crippen molar-refractivity contribution in [3.63, 3.8) is 0 Å². The van der Waals surface area contributed by atoms with E-state index in [0.717, 1.165) is 39.5 Å². The maximum absolute atomic E-state index is 12.7. The zero-order valence-electron chi connectivity index (χ0n) is 19.7. The molecule has 1 aliphatic rings. The monoisotopic (exact) mass is 445 g/mol. The number of aryl methyl sites for hydroxylation is 1. The number of nitrogens with zero attached hydrogens (tertiary/aromatic N) is 5. The van der Waals surface area contributed by atoms with Gasteiger partial charge in [0, 0.05) is 56.4 Å². The lowest BCUT2D eigenvalue weighted by Gasteiger charge is -2.12. The molecule has 8 nitrogen and oxygen atoms in total. The first-order valence-electron chi connectivity index (χ1n) is 10.8. The van der Waals surface area contributed by atoms with Gasteiger partial charge < -0.3 is 14.3 Å². The number of guanidine groups is 1. The number of carbonyl (C=O) groups is 2. The van der Waals surface area contributed by atoms with Crippen molar-refractivity contribution in [2.24, 2.45) is 10.1 Å². The summed E-state index contributed by atoms with van der Waals surface area (Å²) >= 11 is 0. The van der Waals surface area contributed by atoms with Gasteiger partial charge in [0.15, 0.2) is 0 Å². The highest BCUT2D eigenvalue weighted by Gasteiger charge is 2.33. The number of aliphatic imine (C=N–C) groups is 1. The Kier molecular flexibility index (Phi) is 5.76. The molecule has 0 radical (unpaired) electrons. The first-order valence-corrected chi connectivity index (χ1v) is 10.8. The van der Waals surface area contributed by atoms with E-state index >= 15 is 0 Å². The Labute approximate surface area is 192 Å². The molecule has 1 aromatic heterocycles. The minimum atomic E-state index is -0.455. The summed E-state index contributed by atoms with van der Waals surface area (Å²) in [5, 5.41) is 6.07. The van der Waals surface area contributed by atoms with Crippen molar-refractivity contribution in [3.05, 3.63) is 53.2 Å². The number of hydrogen-bond acceptors (Lipinski definition) is 5. The summed E-state index contributed by atoms with van der Waals surface area (Å²) in [7, 11) is 5.24. The maximum atomic E-state index is 12.7. The van der Waals surface area contributed by atoms with Crippen LogP contribution < -0.4 is 0 Å². The molecule has 0 N–H and O–H groups in total. The highest BCUT2D eigenvalue weighted by Crippen LogP contribution is 2.32. The van der Waals surface area contributed by atoms with Gasteiger partial charge in [-0.25, -0.2) is 4.79 Å². The average molecular weight is 446 g/mol. The number of likely N-dealkylation sites (N-methyl/N-ethyl adjacent to an activating group) is 2. The molecule has 1 amide bonds. The highest BCUT2D eigenvalue weighted by atomic mass is 16.7. The first-order chi connectivity index (χ1) is 15.8. The van der Waals surface area contributed by atoms with Crippen molar-refractivity contribution in [2.75, 3.05) is 21.1 Å². The molecule has 3 aromatic rings. The van der Waals surface area contributed by atoms with E-state index in [-0.39, 0.29) is 5.91 Å². The van der Waals surface area contributed by atoms with Gasteiger partial charge in [0.1, 0.15) is 5.70 Å². The van der Waals surface area contributed by atoms with E-state index in [9.17, 15) is 9.59 Å². The molecule has 8 heteroatoms. The lowest BCUT2D eigenvalue weighted by atomic mass is 10.0. The van der Waals surface area contributed by atoms with Crippen molar-refractivity contribution in [2.45, 2.75) is 27.3 Å². The van der Waals surface area contributed by atoms with Crippen LogP contribution in [-0.2, 0) is 21.0 Å².